The SMILES string of the molecule is CC(C)(C)c1ccccc1OCC(=O)N/N=C/c1ccc(-c2ccc(Cl)c(Cl)c2)o1. The van der Waals surface area contributed by atoms with Crippen molar-refractivity contribution < 1.29 is 13.9 Å². The van der Waals surface area contributed by atoms with Gasteiger partial charge in [0.2, 0.25) is 0 Å². The summed E-state index contributed by atoms with van der Waals surface area (Å²) in [5, 5.41) is 4.84. The second kappa shape index (κ2) is 9.37. The van der Waals surface area contributed by atoms with Crippen molar-refractivity contribution >= 4 is 35.3 Å². The van der Waals surface area contributed by atoms with Gasteiger partial charge in [0.1, 0.15) is 17.3 Å². The van der Waals surface area contributed by atoms with Gasteiger partial charge in [-0.25, -0.2) is 5.43 Å². The van der Waals surface area contributed by atoms with E-state index in [2.05, 4.69) is 31.3 Å². The minimum Gasteiger partial charge on any atom is -0.483 e. The van der Waals surface area contributed by atoms with E-state index in [-0.39, 0.29) is 17.9 Å². The number of carbonyl (C=O) groups excluding carboxylic acids is 1. The summed E-state index contributed by atoms with van der Waals surface area (Å²) in [5.41, 5.74) is 4.17. The number of furan rings is 1. The molecule has 0 aliphatic carbocycles. The number of nitrogens with zero attached hydrogens (tertiary/aromatic N) is 1. The molecule has 7 heteroatoms. The number of benzene rings is 2. The summed E-state index contributed by atoms with van der Waals surface area (Å²) in [4.78, 5) is 12.1. The molecule has 0 aliphatic rings. The predicted molar refractivity (Wildman–Crippen MR) is 121 cm³/mol. The maximum absolute atomic E-state index is 12.1. The molecule has 0 bridgehead atoms. The third-order valence-electron chi connectivity index (χ3n) is 4.27. The van der Waals surface area contributed by atoms with Crippen LogP contribution in [-0.4, -0.2) is 18.7 Å². The van der Waals surface area contributed by atoms with Crippen LogP contribution in [0, 0.1) is 0 Å². The molecule has 1 heterocycles. The zero-order chi connectivity index (χ0) is 21.7. The number of hydrogen-bond acceptors (Lipinski definition) is 4. The monoisotopic (exact) mass is 444 g/mol. The second-order valence-corrected chi connectivity index (χ2v) is 8.47. The molecule has 30 heavy (non-hydrogen) atoms. The maximum atomic E-state index is 12.1. The molecule has 0 atom stereocenters. The average Bonchev–Trinajstić information content (AvgIpc) is 3.17. The lowest BCUT2D eigenvalue weighted by atomic mass is 9.86. The van der Waals surface area contributed by atoms with Crippen LogP contribution in [0.3, 0.4) is 0 Å². The lowest BCUT2D eigenvalue weighted by Gasteiger charge is -2.22. The molecule has 3 aromatic rings. The molecular formula is C23H22Cl2N2O3. The van der Waals surface area contributed by atoms with E-state index >= 15 is 0 Å². The van der Waals surface area contributed by atoms with Crippen molar-refractivity contribution in [2.45, 2.75) is 26.2 Å². The normalized spacial score (nSPS) is 11.6. The second-order valence-electron chi connectivity index (χ2n) is 7.66. The van der Waals surface area contributed by atoms with E-state index in [1.54, 1.807) is 24.3 Å². The highest BCUT2D eigenvalue weighted by molar-refractivity contribution is 6.42. The predicted octanol–water partition coefficient (Wildman–Crippen LogP) is 6.08. The fourth-order valence-corrected chi connectivity index (χ4v) is 3.08. The van der Waals surface area contributed by atoms with Gasteiger partial charge in [0.25, 0.3) is 5.91 Å². The van der Waals surface area contributed by atoms with Crippen LogP contribution in [0.1, 0.15) is 32.1 Å². The molecule has 1 N–H and O–H groups in total. The zero-order valence-electron chi connectivity index (χ0n) is 16.9. The first-order valence-corrected chi connectivity index (χ1v) is 10.1. The molecule has 0 radical (unpaired) electrons. The summed E-state index contributed by atoms with van der Waals surface area (Å²) in [6.45, 7) is 6.14. The van der Waals surface area contributed by atoms with Gasteiger partial charge in [0, 0.05) is 5.56 Å². The zero-order valence-corrected chi connectivity index (χ0v) is 18.4. The molecule has 0 aliphatic heterocycles. The Bertz CT molecular complexity index is 1070. The number of halogens is 2. The molecule has 0 saturated heterocycles. The van der Waals surface area contributed by atoms with E-state index in [1.165, 1.54) is 6.21 Å². The fraction of sp³-hybridized carbons (Fsp3) is 0.217. The van der Waals surface area contributed by atoms with Crippen LogP contribution in [0.2, 0.25) is 10.0 Å². The number of carbonyl (C=O) groups is 1. The Kier molecular flexibility index (Phi) is 6.85. The Balaban J connectivity index is 1.56. The van der Waals surface area contributed by atoms with E-state index in [9.17, 15) is 4.79 Å². The first-order chi connectivity index (χ1) is 14.2. The van der Waals surface area contributed by atoms with Crippen molar-refractivity contribution in [2.24, 2.45) is 5.10 Å². The van der Waals surface area contributed by atoms with Crippen LogP contribution >= 0.6 is 23.2 Å². The van der Waals surface area contributed by atoms with Crippen LogP contribution in [0.15, 0.2) is 64.1 Å². The van der Waals surface area contributed by atoms with Crippen LogP contribution < -0.4 is 10.2 Å². The van der Waals surface area contributed by atoms with Gasteiger partial charge in [0.05, 0.1) is 16.3 Å². The first-order valence-electron chi connectivity index (χ1n) is 9.33. The number of hydrogen-bond donors (Lipinski definition) is 1. The van der Waals surface area contributed by atoms with E-state index in [1.807, 2.05) is 30.3 Å². The highest BCUT2D eigenvalue weighted by atomic mass is 35.5. The topological polar surface area (TPSA) is 63.8 Å². The molecule has 0 fully saturated rings. The molecule has 0 unspecified atom stereocenters. The van der Waals surface area contributed by atoms with Gasteiger partial charge in [-0.3, -0.25) is 4.79 Å². The Hall–Kier alpha value is -2.76. The van der Waals surface area contributed by atoms with Crippen molar-refractivity contribution in [3.05, 3.63) is 76.0 Å². The smallest absolute Gasteiger partial charge is 0.277 e. The molecule has 0 saturated carbocycles. The highest BCUT2D eigenvalue weighted by Gasteiger charge is 2.18. The number of para-hydroxylation sites is 1. The fourth-order valence-electron chi connectivity index (χ4n) is 2.78. The maximum Gasteiger partial charge on any atom is 0.277 e. The van der Waals surface area contributed by atoms with Crippen LogP contribution in [-0.2, 0) is 10.2 Å². The number of nitrogens with one attached hydrogen (secondary N) is 1. The lowest BCUT2D eigenvalue weighted by molar-refractivity contribution is -0.123. The first kappa shape index (κ1) is 21.9. The lowest BCUT2D eigenvalue weighted by Crippen LogP contribution is -2.25. The van der Waals surface area contributed by atoms with E-state index in [0.29, 0.717) is 27.3 Å². The minimum atomic E-state index is -0.369. The van der Waals surface area contributed by atoms with Gasteiger partial charge in [0.15, 0.2) is 6.61 Å². The Labute approximate surface area is 185 Å². The molecule has 1 aromatic heterocycles. The molecule has 1 amide bonds. The van der Waals surface area contributed by atoms with Gasteiger partial charge in [-0.2, -0.15) is 5.10 Å². The Morgan fingerprint density at radius 3 is 2.60 bits per heavy atom. The van der Waals surface area contributed by atoms with Crippen LogP contribution in [0.25, 0.3) is 11.3 Å². The molecule has 3 rings (SSSR count). The Morgan fingerprint density at radius 2 is 1.87 bits per heavy atom. The quantitative estimate of drug-likeness (QED) is 0.370. The summed E-state index contributed by atoms with van der Waals surface area (Å²) in [7, 11) is 0. The van der Waals surface area contributed by atoms with Crippen LogP contribution in [0.5, 0.6) is 5.75 Å². The van der Waals surface area contributed by atoms with Crippen molar-refractivity contribution in [1.82, 2.24) is 5.43 Å². The van der Waals surface area contributed by atoms with Gasteiger partial charge in [-0.05, 0) is 47.4 Å². The average molecular weight is 445 g/mol. The van der Waals surface area contributed by atoms with Gasteiger partial charge < -0.3 is 9.15 Å². The number of rotatable bonds is 6. The molecular weight excluding hydrogens is 423 g/mol. The minimum absolute atomic E-state index is 0.0868. The van der Waals surface area contributed by atoms with Crippen molar-refractivity contribution in [1.29, 1.82) is 0 Å². The van der Waals surface area contributed by atoms with Gasteiger partial charge >= 0.3 is 0 Å². The van der Waals surface area contributed by atoms with Crippen molar-refractivity contribution in [3.8, 4) is 17.1 Å². The summed E-state index contributed by atoms with van der Waals surface area (Å²) < 4.78 is 11.4. The number of hydrazone groups is 1. The van der Waals surface area contributed by atoms with Crippen molar-refractivity contribution in [2.75, 3.05) is 6.61 Å². The summed E-state index contributed by atoms with van der Waals surface area (Å²) in [6.07, 6.45) is 1.42. The molecule has 5 nitrogen and oxygen atoms in total. The third kappa shape index (κ3) is 5.65. The van der Waals surface area contributed by atoms with E-state index < -0.39 is 0 Å². The molecule has 2 aromatic carbocycles. The summed E-state index contributed by atoms with van der Waals surface area (Å²) in [6, 6.07) is 16.4. The summed E-state index contributed by atoms with van der Waals surface area (Å²) >= 11 is 12.0. The third-order valence-corrected chi connectivity index (χ3v) is 5.00. The van der Waals surface area contributed by atoms with Gasteiger partial charge in [-0.1, -0.05) is 62.2 Å². The summed E-state index contributed by atoms with van der Waals surface area (Å²) in [5.74, 6) is 1.41. The Morgan fingerprint density at radius 1 is 1.10 bits per heavy atom. The molecule has 156 valence electrons. The van der Waals surface area contributed by atoms with E-state index in [4.69, 9.17) is 32.4 Å². The standard InChI is InChI=1S/C23H22Cl2N2O3/c1-23(2,3)17-6-4-5-7-21(17)29-14-22(28)27-26-13-16-9-11-20(30-16)15-8-10-18(24)19(25)12-15/h4-13H,14H2,1-3H3,(H,27,28)/b26-13+. The largest absolute Gasteiger partial charge is 0.483 e. The highest BCUT2D eigenvalue weighted by Crippen LogP contribution is 2.31. The molecule has 0 spiro atoms. The van der Waals surface area contributed by atoms with E-state index in [0.717, 1.165) is 11.1 Å². The van der Waals surface area contributed by atoms with Crippen molar-refractivity contribution in [3.63, 3.8) is 0 Å². The van der Waals surface area contributed by atoms with Gasteiger partial charge in [-0.15, -0.1) is 0 Å². The van der Waals surface area contributed by atoms with Crippen LogP contribution in [0.4, 0.5) is 0 Å². The number of ether oxygens (including phenoxy) is 1. The number of amides is 1.